The predicted octanol–water partition coefficient (Wildman–Crippen LogP) is 2.74. The second-order valence-corrected chi connectivity index (χ2v) is 4.01. The normalized spacial score (nSPS) is 18.0. The Labute approximate surface area is 92.4 Å². The highest BCUT2D eigenvalue weighted by Gasteiger charge is 2.25. The standard InChI is InChI=1S/C13H11NO2/c15-7-8-5-6-10-9-3-1-2-4-11(9)14-12(10)13(8)16/h1-4,7,14-15H,5-6H2. The Morgan fingerprint density at radius 2 is 2.06 bits per heavy atom. The summed E-state index contributed by atoms with van der Waals surface area (Å²) in [4.78, 5) is 15.1. The van der Waals surface area contributed by atoms with E-state index in [9.17, 15) is 4.79 Å². The number of nitrogens with one attached hydrogen (secondary N) is 1. The van der Waals surface area contributed by atoms with Crippen molar-refractivity contribution in [1.29, 1.82) is 0 Å². The average molecular weight is 213 g/mol. The number of hydrogen-bond donors (Lipinski definition) is 2. The highest BCUT2D eigenvalue weighted by molar-refractivity contribution is 6.12. The van der Waals surface area contributed by atoms with E-state index in [2.05, 4.69) is 4.98 Å². The van der Waals surface area contributed by atoms with Crippen LogP contribution in [0.3, 0.4) is 0 Å². The van der Waals surface area contributed by atoms with E-state index in [-0.39, 0.29) is 5.78 Å². The molecule has 2 aromatic rings. The Morgan fingerprint density at radius 3 is 2.88 bits per heavy atom. The van der Waals surface area contributed by atoms with Gasteiger partial charge in [-0.2, -0.15) is 0 Å². The van der Waals surface area contributed by atoms with Crippen molar-refractivity contribution < 1.29 is 9.90 Å². The minimum atomic E-state index is -0.0834. The maximum Gasteiger partial charge on any atom is 0.208 e. The number of H-pyrrole nitrogens is 1. The number of rotatable bonds is 0. The molecule has 1 aromatic heterocycles. The van der Waals surface area contributed by atoms with Crippen molar-refractivity contribution in [2.45, 2.75) is 12.8 Å². The topological polar surface area (TPSA) is 53.1 Å². The molecule has 1 aromatic carbocycles. The first-order valence-electron chi connectivity index (χ1n) is 5.29. The number of fused-ring (bicyclic) bond motifs is 3. The Hall–Kier alpha value is -2.03. The highest BCUT2D eigenvalue weighted by atomic mass is 16.2. The molecule has 0 saturated carbocycles. The Morgan fingerprint density at radius 1 is 1.25 bits per heavy atom. The van der Waals surface area contributed by atoms with Gasteiger partial charge in [0.05, 0.1) is 12.0 Å². The van der Waals surface area contributed by atoms with E-state index in [1.54, 1.807) is 0 Å². The molecule has 3 nitrogen and oxygen atoms in total. The molecule has 0 atom stereocenters. The van der Waals surface area contributed by atoms with Crippen LogP contribution in [0.4, 0.5) is 0 Å². The maximum atomic E-state index is 12.0. The van der Waals surface area contributed by atoms with Crippen LogP contribution in [0.15, 0.2) is 36.1 Å². The third kappa shape index (κ3) is 1.11. The second kappa shape index (κ2) is 3.23. The summed E-state index contributed by atoms with van der Waals surface area (Å²) in [6.45, 7) is 0. The van der Waals surface area contributed by atoms with Gasteiger partial charge in [0.2, 0.25) is 5.78 Å². The number of aliphatic hydroxyl groups excluding tert-OH is 1. The molecule has 16 heavy (non-hydrogen) atoms. The lowest BCUT2D eigenvalue weighted by molar-refractivity contribution is 0.101. The molecule has 0 unspecified atom stereocenters. The minimum absolute atomic E-state index is 0.0834. The van der Waals surface area contributed by atoms with Gasteiger partial charge in [-0.15, -0.1) is 0 Å². The van der Waals surface area contributed by atoms with Gasteiger partial charge in [-0.25, -0.2) is 0 Å². The first-order chi connectivity index (χ1) is 7.81. The van der Waals surface area contributed by atoms with Crippen LogP contribution in [-0.4, -0.2) is 15.9 Å². The number of allylic oxidation sites excluding steroid dienone is 1. The number of ketones is 1. The van der Waals surface area contributed by atoms with Gasteiger partial charge >= 0.3 is 0 Å². The molecule has 0 amide bonds. The minimum Gasteiger partial charge on any atom is -0.515 e. The van der Waals surface area contributed by atoms with Gasteiger partial charge in [-0.05, 0) is 24.5 Å². The number of para-hydroxylation sites is 1. The van der Waals surface area contributed by atoms with Gasteiger partial charge in [0.1, 0.15) is 0 Å². The summed E-state index contributed by atoms with van der Waals surface area (Å²) in [6.07, 6.45) is 2.35. The number of Topliss-reactive ketones (excluding diaryl/α,β-unsaturated/α-hetero) is 1. The molecule has 3 heteroatoms. The highest BCUT2D eigenvalue weighted by Crippen LogP contribution is 2.30. The summed E-state index contributed by atoms with van der Waals surface area (Å²) in [7, 11) is 0. The third-order valence-electron chi connectivity index (χ3n) is 3.13. The zero-order valence-electron chi connectivity index (χ0n) is 8.66. The first-order valence-corrected chi connectivity index (χ1v) is 5.29. The molecule has 2 N–H and O–H groups in total. The molecule has 1 aliphatic carbocycles. The molecule has 0 radical (unpaired) electrons. The Balaban J connectivity index is 2.29. The van der Waals surface area contributed by atoms with Gasteiger partial charge in [-0.1, -0.05) is 18.2 Å². The summed E-state index contributed by atoms with van der Waals surface area (Å²) in [5.74, 6) is -0.0834. The SMILES string of the molecule is O=C1C(=CO)CCc2c1[nH]c1ccccc21. The number of carbonyl (C=O) groups excluding carboxylic acids is 1. The van der Waals surface area contributed by atoms with E-state index in [4.69, 9.17) is 5.11 Å². The first kappa shape index (κ1) is 9.21. The van der Waals surface area contributed by atoms with Crippen molar-refractivity contribution in [1.82, 2.24) is 4.98 Å². The van der Waals surface area contributed by atoms with Crippen LogP contribution in [-0.2, 0) is 6.42 Å². The third-order valence-corrected chi connectivity index (χ3v) is 3.13. The maximum absolute atomic E-state index is 12.0. The smallest absolute Gasteiger partial charge is 0.208 e. The monoisotopic (exact) mass is 213 g/mol. The molecule has 80 valence electrons. The number of aromatic nitrogens is 1. The van der Waals surface area contributed by atoms with Crippen molar-refractivity contribution in [3.05, 3.63) is 47.4 Å². The van der Waals surface area contributed by atoms with E-state index in [1.807, 2.05) is 24.3 Å². The van der Waals surface area contributed by atoms with Gasteiger partial charge in [0, 0.05) is 16.5 Å². The van der Waals surface area contributed by atoms with E-state index in [1.165, 1.54) is 0 Å². The summed E-state index contributed by atoms with van der Waals surface area (Å²) >= 11 is 0. The molecule has 3 rings (SSSR count). The van der Waals surface area contributed by atoms with Gasteiger partial charge in [0.25, 0.3) is 0 Å². The summed E-state index contributed by atoms with van der Waals surface area (Å²) < 4.78 is 0. The van der Waals surface area contributed by atoms with Crippen molar-refractivity contribution in [2.75, 3.05) is 0 Å². The fourth-order valence-electron chi connectivity index (χ4n) is 2.31. The van der Waals surface area contributed by atoms with Crippen LogP contribution in [0.25, 0.3) is 10.9 Å². The molecule has 0 fully saturated rings. The lowest BCUT2D eigenvalue weighted by Gasteiger charge is -2.12. The Kier molecular flexibility index (Phi) is 1.86. The van der Waals surface area contributed by atoms with Gasteiger partial charge in [0.15, 0.2) is 0 Å². The lowest BCUT2D eigenvalue weighted by Crippen LogP contribution is -2.13. The van der Waals surface area contributed by atoms with Gasteiger partial charge in [-0.3, -0.25) is 4.79 Å². The zero-order valence-corrected chi connectivity index (χ0v) is 8.66. The zero-order chi connectivity index (χ0) is 11.1. The number of hydrogen-bond acceptors (Lipinski definition) is 2. The lowest BCUT2D eigenvalue weighted by atomic mass is 9.91. The molecule has 0 bridgehead atoms. The van der Waals surface area contributed by atoms with Crippen molar-refractivity contribution >= 4 is 16.7 Å². The van der Waals surface area contributed by atoms with E-state index in [0.717, 1.165) is 29.1 Å². The molecular formula is C13H11NO2. The number of benzene rings is 1. The van der Waals surface area contributed by atoms with Crippen molar-refractivity contribution in [3.8, 4) is 0 Å². The predicted molar refractivity (Wildman–Crippen MR) is 61.7 cm³/mol. The molecule has 1 aliphatic rings. The van der Waals surface area contributed by atoms with Crippen LogP contribution in [0.1, 0.15) is 22.5 Å². The molecule has 1 heterocycles. The van der Waals surface area contributed by atoms with E-state index in [0.29, 0.717) is 17.7 Å². The van der Waals surface area contributed by atoms with Crippen LogP contribution in [0.5, 0.6) is 0 Å². The molecule has 0 spiro atoms. The summed E-state index contributed by atoms with van der Waals surface area (Å²) in [5, 5.41) is 10.1. The molecule has 0 aliphatic heterocycles. The van der Waals surface area contributed by atoms with Crippen LogP contribution < -0.4 is 0 Å². The Bertz CT molecular complexity index is 607. The quantitative estimate of drug-likeness (QED) is 0.522. The van der Waals surface area contributed by atoms with Crippen LogP contribution in [0, 0.1) is 0 Å². The van der Waals surface area contributed by atoms with E-state index < -0.39 is 0 Å². The molecule has 0 saturated heterocycles. The number of aliphatic hydroxyl groups is 1. The number of carbonyl (C=O) groups is 1. The van der Waals surface area contributed by atoms with Gasteiger partial charge < -0.3 is 10.1 Å². The van der Waals surface area contributed by atoms with E-state index >= 15 is 0 Å². The molecular weight excluding hydrogens is 202 g/mol. The van der Waals surface area contributed by atoms with Crippen molar-refractivity contribution in [2.24, 2.45) is 0 Å². The largest absolute Gasteiger partial charge is 0.515 e. The second-order valence-electron chi connectivity index (χ2n) is 4.01. The summed E-state index contributed by atoms with van der Waals surface area (Å²) in [6, 6.07) is 7.89. The van der Waals surface area contributed by atoms with Crippen LogP contribution >= 0.6 is 0 Å². The van der Waals surface area contributed by atoms with Crippen molar-refractivity contribution in [3.63, 3.8) is 0 Å². The fourth-order valence-corrected chi connectivity index (χ4v) is 2.31. The number of aromatic amines is 1. The van der Waals surface area contributed by atoms with Crippen LogP contribution in [0.2, 0.25) is 0 Å². The number of aryl methyl sites for hydroxylation is 1. The summed E-state index contributed by atoms with van der Waals surface area (Å²) in [5.41, 5.74) is 3.18. The fraction of sp³-hybridized carbons (Fsp3) is 0.154. The average Bonchev–Trinajstić information content (AvgIpc) is 2.69.